The van der Waals surface area contributed by atoms with Crippen LogP contribution in [0.25, 0.3) is 0 Å². The summed E-state index contributed by atoms with van der Waals surface area (Å²) in [6.07, 6.45) is 0.918. The molecule has 0 radical (unpaired) electrons. The van der Waals surface area contributed by atoms with Crippen LogP contribution in [0.4, 0.5) is 0 Å². The van der Waals surface area contributed by atoms with Crippen LogP contribution in [0.5, 0.6) is 11.5 Å². The molecule has 0 atom stereocenters. The number of thiophene rings is 1. The highest BCUT2D eigenvalue weighted by Crippen LogP contribution is 2.30. The maximum absolute atomic E-state index is 5.72. The number of halogens is 1. The van der Waals surface area contributed by atoms with Gasteiger partial charge in [0, 0.05) is 24.9 Å². The number of ether oxygens (including phenoxy) is 2. The molecule has 7 heteroatoms. The Hall–Kier alpha value is -1.48. The van der Waals surface area contributed by atoms with E-state index in [0.29, 0.717) is 19.8 Å². The summed E-state index contributed by atoms with van der Waals surface area (Å²) in [6, 6.07) is 10.2. The van der Waals surface area contributed by atoms with Crippen LogP contribution in [0.1, 0.15) is 16.9 Å². The SMILES string of the molecule is CN=C(NCc1ccc2c(c1)OCCCO2)NCc1cccs1.I. The molecule has 130 valence electrons. The maximum Gasteiger partial charge on any atom is 0.191 e. The van der Waals surface area contributed by atoms with Crippen molar-refractivity contribution in [2.75, 3.05) is 20.3 Å². The Bertz CT molecular complexity index is 662. The van der Waals surface area contributed by atoms with Gasteiger partial charge in [-0.05, 0) is 29.1 Å². The Labute approximate surface area is 163 Å². The molecule has 1 aromatic carbocycles. The lowest BCUT2D eigenvalue weighted by molar-refractivity contribution is 0.297. The predicted octanol–water partition coefficient (Wildman–Crippen LogP) is 3.39. The smallest absolute Gasteiger partial charge is 0.191 e. The molecule has 0 unspecified atom stereocenters. The van der Waals surface area contributed by atoms with Gasteiger partial charge < -0.3 is 20.1 Å². The van der Waals surface area contributed by atoms with E-state index in [1.807, 2.05) is 18.2 Å². The van der Waals surface area contributed by atoms with Gasteiger partial charge in [0.15, 0.2) is 17.5 Å². The molecule has 0 amide bonds. The number of nitrogens with one attached hydrogen (secondary N) is 2. The van der Waals surface area contributed by atoms with E-state index in [1.165, 1.54) is 4.88 Å². The van der Waals surface area contributed by atoms with Crippen molar-refractivity contribution in [3.63, 3.8) is 0 Å². The van der Waals surface area contributed by atoms with E-state index < -0.39 is 0 Å². The largest absolute Gasteiger partial charge is 0.490 e. The summed E-state index contributed by atoms with van der Waals surface area (Å²) >= 11 is 1.73. The molecule has 1 aromatic heterocycles. The third kappa shape index (κ3) is 5.27. The van der Waals surface area contributed by atoms with Crippen LogP contribution in [0, 0.1) is 0 Å². The molecular weight excluding hydrogens is 437 g/mol. The number of hydrogen-bond acceptors (Lipinski definition) is 4. The molecule has 2 aromatic rings. The van der Waals surface area contributed by atoms with Gasteiger partial charge in [-0.15, -0.1) is 35.3 Å². The summed E-state index contributed by atoms with van der Waals surface area (Å²) in [6.45, 7) is 2.87. The van der Waals surface area contributed by atoms with Gasteiger partial charge >= 0.3 is 0 Å². The van der Waals surface area contributed by atoms with E-state index in [0.717, 1.165) is 36.0 Å². The van der Waals surface area contributed by atoms with Gasteiger partial charge in [-0.1, -0.05) is 12.1 Å². The van der Waals surface area contributed by atoms with Gasteiger partial charge in [-0.3, -0.25) is 4.99 Å². The molecule has 1 aliphatic rings. The topological polar surface area (TPSA) is 54.9 Å². The van der Waals surface area contributed by atoms with Crippen LogP contribution in [-0.2, 0) is 13.1 Å². The van der Waals surface area contributed by atoms with Crippen molar-refractivity contribution in [2.45, 2.75) is 19.5 Å². The van der Waals surface area contributed by atoms with Crippen molar-refractivity contribution in [1.82, 2.24) is 10.6 Å². The van der Waals surface area contributed by atoms with Crippen LogP contribution in [-0.4, -0.2) is 26.2 Å². The van der Waals surface area contributed by atoms with Crippen LogP contribution >= 0.6 is 35.3 Å². The van der Waals surface area contributed by atoms with E-state index in [4.69, 9.17) is 9.47 Å². The highest BCUT2D eigenvalue weighted by molar-refractivity contribution is 14.0. The highest BCUT2D eigenvalue weighted by Gasteiger charge is 2.10. The molecule has 3 rings (SSSR count). The number of fused-ring (bicyclic) bond motifs is 1. The molecule has 24 heavy (non-hydrogen) atoms. The van der Waals surface area contributed by atoms with Gasteiger partial charge in [0.25, 0.3) is 0 Å². The number of nitrogens with zero attached hydrogens (tertiary/aromatic N) is 1. The van der Waals surface area contributed by atoms with Gasteiger partial charge in [0.2, 0.25) is 0 Å². The Morgan fingerprint density at radius 3 is 2.67 bits per heavy atom. The Morgan fingerprint density at radius 2 is 1.92 bits per heavy atom. The third-order valence-electron chi connectivity index (χ3n) is 3.51. The molecule has 1 aliphatic heterocycles. The van der Waals surface area contributed by atoms with Gasteiger partial charge in [-0.2, -0.15) is 0 Å². The number of guanidine groups is 1. The first-order valence-electron chi connectivity index (χ1n) is 7.70. The molecule has 0 saturated carbocycles. The van der Waals surface area contributed by atoms with Crippen molar-refractivity contribution in [3.05, 3.63) is 46.2 Å². The normalized spacial score (nSPS) is 13.6. The highest BCUT2D eigenvalue weighted by atomic mass is 127. The lowest BCUT2D eigenvalue weighted by Gasteiger charge is -2.13. The standard InChI is InChI=1S/C17H21N3O2S.HI/c1-18-17(20-12-14-4-2-9-23-14)19-11-13-5-6-15-16(10-13)22-8-3-7-21-15;/h2,4-6,9-10H,3,7-8,11-12H2,1H3,(H2,18,19,20);1H. The van der Waals surface area contributed by atoms with E-state index in [1.54, 1.807) is 18.4 Å². The monoisotopic (exact) mass is 459 g/mol. The molecule has 0 saturated heterocycles. The Kier molecular flexibility index (Phi) is 7.64. The second-order valence-corrected chi connectivity index (χ2v) is 6.22. The lowest BCUT2D eigenvalue weighted by atomic mass is 10.2. The minimum atomic E-state index is 0. The molecule has 0 spiro atoms. The van der Waals surface area contributed by atoms with Crippen molar-refractivity contribution >= 4 is 41.3 Å². The van der Waals surface area contributed by atoms with Crippen LogP contribution in [0.2, 0.25) is 0 Å². The fraction of sp³-hybridized carbons (Fsp3) is 0.353. The minimum Gasteiger partial charge on any atom is -0.490 e. The maximum atomic E-state index is 5.72. The van der Waals surface area contributed by atoms with Gasteiger partial charge in [0.1, 0.15) is 0 Å². The number of aliphatic imine (C=N–C) groups is 1. The zero-order valence-electron chi connectivity index (χ0n) is 13.6. The minimum absolute atomic E-state index is 0. The van der Waals surface area contributed by atoms with Crippen molar-refractivity contribution in [3.8, 4) is 11.5 Å². The van der Waals surface area contributed by atoms with E-state index in [-0.39, 0.29) is 24.0 Å². The average Bonchev–Trinajstić information content (AvgIpc) is 2.99. The van der Waals surface area contributed by atoms with Gasteiger partial charge in [0.05, 0.1) is 19.8 Å². The van der Waals surface area contributed by atoms with Crippen molar-refractivity contribution in [1.29, 1.82) is 0 Å². The summed E-state index contributed by atoms with van der Waals surface area (Å²) in [5, 5.41) is 8.70. The third-order valence-corrected chi connectivity index (χ3v) is 4.38. The fourth-order valence-corrected chi connectivity index (χ4v) is 2.95. The second kappa shape index (κ2) is 9.73. The zero-order chi connectivity index (χ0) is 15.9. The Balaban J connectivity index is 0.00000208. The molecule has 2 N–H and O–H groups in total. The summed E-state index contributed by atoms with van der Waals surface area (Å²) in [5.41, 5.74) is 1.13. The van der Waals surface area contributed by atoms with E-state index in [2.05, 4.69) is 33.1 Å². The Morgan fingerprint density at radius 1 is 1.12 bits per heavy atom. The summed E-state index contributed by atoms with van der Waals surface area (Å²) in [7, 11) is 1.78. The molecule has 2 heterocycles. The van der Waals surface area contributed by atoms with E-state index >= 15 is 0 Å². The second-order valence-electron chi connectivity index (χ2n) is 5.19. The number of hydrogen-bond donors (Lipinski definition) is 2. The predicted molar refractivity (Wildman–Crippen MR) is 109 cm³/mol. The number of benzene rings is 1. The lowest BCUT2D eigenvalue weighted by Crippen LogP contribution is -2.36. The summed E-state index contributed by atoms with van der Waals surface area (Å²) in [4.78, 5) is 5.53. The van der Waals surface area contributed by atoms with Crippen molar-refractivity contribution in [2.24, 2.45) is 4.99 Å². The molecule has 0 aliphatic carbocycles. The molecule has 5 nitrogen and oxygen atoms in total. The first-order chi connectivity index (χ1) is 11.3. The van der Waals surface area contributed by atoms with Crippen LogP contribution in [0.3, 0.4) is 0 Å². The van der Waals surface area contributed by atoms with E-state index in [9.17, 15) is 0 Å². The zero-order valence-corrected chi connectivity index (χ0v) is 16.7. The summed E-state index contributed by atoms with van der Waals surface area (Å²) < 4.78 is 11.4. The van der Waals surface area contributed by atoms with Crippen molar-refractivity contribution < 1.29 is 9.47 Å². The quantitative estimate of drug-likeness (QED) is 0.418. The molecule has 0 fully saturated rings. The first kappa shape index (κ1) is 18.9. The first-order valence-corrected chi connectivity index (χ1v) is 8.58. The summed E-state index contributed by atoms with van der Waals surface area (Å²) in [5.74, 6) is 2.43. The fourth-order valence-electron chi connectivity index (χ4n) is 2.31. The number of rotatable bonds is 4. The van der Waals surface area contributed by atoms with Gasteiger partial charge in [-0.25, -0.2) is 0 Å². The average molecular weight is 459 g/mol. The van der Waals surface area contributed by atoms with Crippen LogP contribution < -0.4 is 20.1 Å². The molecule has 0 bridgehead atoms. The molecular formula is C17H22IN3O2S. The van der Waals surface area contributed by atoms with Crippen LogP contribution in [0.15, 0.2) is 40.7 Å².